The molecule has 0 aliphatic carbocycles. The number of nitrogens with zero attached hydrogens (tertiary/aromatic N) is 2. The van der Waals surface area contributed by atoms with E-state index in [1.54, 1.807) is 35.7 Å². The Morgan fingerprint density at radius 3 is 2.81 bits per heavy atom. The molecule has 0 atom stereocenters. The number of pyridine rings is 1. The van der Waals surface area contributed by atoms with Crippen LogP contribution < -0.4 is 5.32 Å². The quantitative estimate of drug-likeness (QED) is 0.505. The number of rotatable bonds is 2. The van der Waals surface area contributed by atoms with Crippen molar-refractivity contribution in [2.45, 2.75) is 0 Å². The molecule has 104 valence electrons. The van der Waals surface area contributed by atoms with Crippen LogP contribution in [0.5, 0.6) is 0 Å². The Kier molecular flexibility index (Phi) is 4.22. The van der Waals surface area contributed by atoms with Gasteiger partial charge in [0.2, 0.25) is 0 Å². The lowest BCUT2D eigenvalue weighted by Gasteiger charge is -2.11. The van der Waals surface area contributed by atoms with Crippen LogP contribution in [-0.2, 0) is 0 Å². The molecular formula is C14H6Cl2IN3S. The third-order valence-electron chi connectivity index (χ3n) is 2.82. The summed E-state index contributed by atoms with van der Waals surface area (Å²) in [6.07, 6.45) is 1.57. The summed E-state index contributed by atoms with van der Waals surface area (Å²) in [6, 6.07) is 9.34. The van der Waals surface area contributed by atoms with Gasteiger partial charge in [0.15, 0.2) is 0 Å². The van der Waals surface area contributed by atoms with Gasteiger partial charge in [-0.2, -0.15) is 5.26 Å². The molecule has 1 N–H and O–H groups in total. The number of aromatic nitrogens is 1. The molecule has 3 rings (SSSR count). The van der Waals surface area contributed by atoms with E-state index in [1.807, 2.05) is 6.07 Å². The number of hydrogen-bond donors (Lipinski definition) is 1. The van der Waals surface area contributed by atoms with Crippen molar-refractivity contribution < 1.29 is 0 Å². The molecule has 0 unspecified atom stereocenters. The Morgan fingerprint density at radius 2 is 2.10 bits per heavy atom. The van der Waals surface area contributed by atoms with Crippen LogP contribution in [0.2, 0.25) is 10.0 Å². The molecule has 0 bridgehead atoms. The molecule has 21 heavy (non-hydrogen) atoms. The van der Waals surface area contributed by atoms with Gasteiger partial charge in [-0.3, -0.25) is 4.98 Å². The average molecular weight is 446 g/mol. The van der Waals surface area contributed by atoms with E-state index in [2.05, 4.69) is 39.0 Å². The molecule has 3 nitrogen and oxygen atoms in total. The Labute approximate surface area is 148 Å². The van der Waals surface area contributed by atoms with Crippen molar-refractivity contribution in [3.63, 3.8) is 0 Å². The predicted molar refractivity (Wildman–Crippen MR) is 96.8 cm³/mol. The molecule has 3 aromatic rings. The van der Waals surface area contributed by atoms with Gasteiger partial charge in [0, 0.05) is 11.2 Å². The van der Waals surface area contributed by atoms with Crippen molar-refractivity contribution >= 4 is 78.7 Å². The Hall–Kier alpha value is -1.07. The van der Waals surface area contributed by atoms with Gasteiger partial charge in [-0.1, -0.05) is 23.2 Å². The summed E-state index contributed by atoms with van der Waals surface area (Å²) in [5, 5.41) is 13.6. The SMILES string of the molecule is N#Cc1cnc2cc(I)sc2c1Nc1ccc(Cl)cc1Cl. The van der Waals surface area contributed by atoms with E-state index in [0.717, 1.165) is 18.8 Å². The van der Waals surface area contributed by atoms with Gasteiger partial charge < -0.3 is 5.32 Å². The van der Waals surface area contributed by atoms with Crippen LogP contribution >= 0.6 is 57.1 Å². The van der Waals surface area contributed by atoms with Gasteiger partial charge in [0.25, 0.3) is 0 Å². The Balaban J connectivity index is 2.16. The fourth-order valence-electron chi connectivity index (χ4n) is 1.88. The highest BCUT2D eigenvalue weighted by atomic mass is 127. The maximum absolute atomic E-state index is 9.29. The van der Waals surface area contributed by atoms with Crippen LogP contribution in [0.4, 0.5) is 11.4 Å². The number of nitriles is 1. The predicted octanol–water partition coefficient (Wildman–Crippen LogP) is 5.82. The highest BCUT2D eigenvalue weighted by Gasteiger charge is 2.13. The van der Waals surface area contributed by atoms with E-state index in [1.165, 1.54) is 0 Å². The minimum Gasteiger partial charge on any atom is -0.352 e. The standard InChI is InChI=1S/C14H6Cl2IN3S/c15-8-1-2-10(9(16)3-8)20-13-7(5-18)6-19-11-4-12(17)21-14(11)13/h1-4,6H,(H,19,20). The lowest BCUT2D eigenvalue weighted by Crippen LogP contribution is -1.95. The van der Waals surface area contributed by atoms with Crippen molar-refractivity contribution in [3.8, 4) is 6.07 Å². The van der Waals surface area contributed by atoms with Crippen LogP contribution in [0.3, 0.4) is 0 Å². The van der Waals surface area contributed by atoms with Crippen molar-refractivity contribution in [1.29, 1.82) is 5.26 Å². The molecule has 2 heterocycles. The van der Waals surface area contributed by atoms with Crippen LogP contribution in [-0.4, -0.2) is 4.98 Å². The lowest BCUT2D eigenvalue weighted by atomic mass is 10.2. The molecular weight excluding hydrogens is 440 g/mol. The van der Waals surface area contributed by atoms with Crippen LogP contribution in [0.15, 0.2) is 30.5 Å². The van der Waals surface area contributed by atoms with E-state index in [4.69, 9.17) is 23.2 Å². The molecule has 0 aliphatic rings. The van der Waals surface area contributed by atoms with Crippen molar-refractivity contribution in [3.05, 3.63) is 49.0 Å². The first-order chi connectivity index (χ1) is 10.1. The molecule has 0 aliphatic heterocycles. The van der Waals surface area contributed by atoms with Crippen LogP contribution in [0, 0.1) is 14.2 Å². The first-order valence-corrected chi connectivity index (χ1v) is 8.44. The molecule has 0 radical (unpaired) electrons. The molecule has 0 fully saturated rings. The lowest BCUT2D eigenvalue weighted by molar-refractivity contribution is 1.37. The smallest absolute Gasteiger partial charge is 0.103 e. The minimum absolute atomic E-state index is 0.478. The van der Waals surface area contributed by atoms with Crippen LogP contribution in [0.1, 0.15) is 5.56 Å². The highest BCUT2D eigenvalue weighted by molar-refractivity contribution is 14.1. The third kappa shape index (κ3) is 2.94. The monoisotopic (exact) mass is 445 g/mol. The summed E-state index contributed by atoms with van der Waals surface area (Å²) < 4.78 is 2.04. The number of nitrogens with one attached hydrogen (secondary N) is 1. The normalized spacial score (nSPS) is 10.6. The topological polar surface area (TPSA) is 48.7 Å². The number of thiophene rings is 1. The molecule has 0 spiro atoms. The van der Waals surface area contributed by atoms with E-state index < -0.39 is 0 Å². The van der Waals surface area contributed by atoms with Gasteiger partial charge >= 0.3 is 0 Å². The van der Waals surface area contributed by atoms with E-state index in [9.17, 15) is 5.26 Å². The largest absolute Gasteiger partial charge is 0.352 e. The molecule has 7 heteroatoms. The second-order valence-corrected chi connectivity index (χ2v) is 7.96. The van der Waals surface area contributed by atoms with Crippen molar-refractivity contribution in [1.82, 2.24) is 4.98 Å². The van der Waals surface area contributed by atoms with Gasteiger partial charge in [-0.25, -0.2) is 0 Å². The minimum atomic E-state index is 0.478. The molecule has 0 saturated carbocycles. The summed E-state index contributed by atoms with van der Waals surface area (Å²) in [4.78, 5) is 4.30. The molecule has 0 amide bonds. The van der Waals surface area contributed by atoms with Gasteiger partial charge in [-0.15, -0.1) is 11.3 Å². The third-order valence-corrected chi connectivity index (χ3v) is 5.27. The summed E-state index contributed by atoms with van der Waals surface area (Å²) >= 11 is 15.9. The summed E-state index contributed by atoms with van der Waals surface area (Å²) in [5.74, 6) is 0. The fraction of sp³-hybridized carbons (Fsp3) is 0. The van der Waals surface area contributed by atoms with E-state index in [-0.39, 0.29) is 0 Å². The maximum atomic E-state index is 9.29. The van der Waals surface area contributed by atoms with E-state index >= 15 is 0 Å². The molecule has 2 aromatic heterocycles. The maximum Gasteiger partial charge on any atom is 0.103 e. The number of hydrogen-bond acceptors (Lipinski definition) is 4. The summed E-state index contributed by atoms with van der Waals surface area (Å²) in [7, 11) is 0. The molecule has 0 saturated heterocycles. The van der Waals surface area contributed by atoms with Gasteiger partial charge in [0.1, 0.15) is 6.07 Å². The highest BCUT2D eigenvalue weighted by Crippen LogP contribution is 2.37. The number of fused-ring (bicyclic) bond motifs is 1. The number of anilines is 2. The second kappa shape index (κ2) is 5.97. The molecule has 1 aromatic carbocycles. The van der Waals surface area contributed by atoms with Gasteiger partial charge in [0.05, 0.1) is 35.1 Å². The van der Waals surface area contributed by atoms with Crippen molar-refractivity contribution in [2.75, 3.05) is 5.32 Å². The Bertz CT molecular complexity index is 886. The number of benzene rings is 1. The average Bonchev–Trinajstić information content (AvgIpc) is 2.82. The van der Waals surface area contributed by atoms with Crippen LogP contribution in [0.25, 0.3) is 10.2 Å². The number of halogens is 3. The zero-order valence-electron chi connectivity index (χ0n) is 10.3. The second-order valence-electron chi connectivity index (χ2n) is 4.17. The first kappa shape index (κ1) is 14.9. The zero-order chi connectivity index (χ0) is 15.0. The fourth-order valence-corrected chi connectivity index (χ4v) is 4.14. The summed E-state index contributed by atoms with van der Waals surface area (Å²) in [6.45, 7) is 0. The summed E-state index contributed by atoms with van der Waals surface area (Å²) in [5.41, 5.74) is 2.76. The Morgan fingerprint density at radius 1 is 1.29 bits per heavy atom. The van der Waals surface area contributed by atoms with Gasteiger partial charge in [-0.05, 0) is 46.9 Å². The zero-order valence-corrected chi connectivity index (χ0v) is 14.8. The van der Waals surface area contributed by atoms with Crippen molar-refractivity contribution in [2.24, 2.45) is 0 Å². The van der Waals surface area contributed by atoms with E-state index in [0.29, 0.717) is 21.3 Å². The first-order valence-electron chi connectivity index (χ1n) is 5.78.